The second-order valence-electron chi connectivity index (χ2n) is 8.70. The molecule has 3 heterocycles. The second kappa shape index (κ2) is 6.95. The number of hydrogen-bond donors (Lipinski definition) is 2. The minimum atomic E-state index is -0.236. The Labute approximate surface area is 180 Å². The second-order valence-corrected chi connectivity index (χ2v) is 8.70. The van der Waals surface area contributed by atoms with Crippen LogP contribution in [0.15, 0.2) is 30.2 Å². The number of piperidine rings is 1. The molecule has 2 aliphatic carbocycles. The molecule has 2 fully saturated rings. The van der Waals surface area contributed by atoms with Crippen molar-refractivity contribution in [3.63, 3.8) is 0 Å². The van der Waals surface area contributed by atoms with Crippen molar-refractivity contribution in [1.29, 1.82) is 0 Å². The van der Waals surface area contributed by atoms with Gasteiger partial charge in [-0.05, 0) is 42.9 Å². The number of amides is 2. The van der Waals surface area contributed by atoms with Gasteiger partial charge in [-0.3, -0.25) is 14.4 Å². The number of rotatable bonds is 6. The predicted molar refractivity (Wildman–Crippen MR) is 114 cm³/mol. The summed E-state index contributed by atoms with van der Waals surface area (Å²) in [6, 6.07) is 1.68. The zero-order valence-corrected chi connectivity index (χ0v) is 17.9. The van der Waals surface area contributed by atoms with Crippen molar-refractivity contribution in [1.82, 2.24) is 14.5 Å². The number of hydrogen-bond acceptors (Lipinski definition) is 4. The van der Waals surface area contributed by atoms with Crippen molar-refractivity contribution < 1.29 is 19.1 Å². The van der Waals surface area contributed by atoms with Gasteiger partial charge in [-0.1, -0.05) is 6.92 Å². The number of H-pyrrole nitrogens is 1. The number of ether oxygens (including phenoxy) is 1. The standard InChI is InChI=1S/C23H26N4O4/c1-4-5-19(29)25-15-6-16(26(11-15)12-31-3)22(30)27-10-14-8-23(14)18(27)7-17(28)21-20(23)13(2)9-24-21/h6-7,9,11,14,24H,4-5,8,10,12H2,1-3H3,(H,25,29)/t14-,23+/m1/s1. The van der Waals surface area contributed by atoms with E-state index >= 15 is 0 Å². The van der Waals surface area contributed by atoms with Crippen LogP contribution < -0.4 is 5.32 Å². The van der Waals surface area contributed by atoms with E-state index < -0.39 is 0 Å². The maximum absolute atomic E-state index is 13.6. The molecule has 8 heteroatoms. The van der Waals surface area contributed by atoms with Gasteiger partial charge in [0.25, 0.3) is 5.91 Å². The van der Waals surface area contributed by atoms with Gasteiger partial charge in [0.05, 0.1) is 11.4 Å². The quantitative estimate of drug-likeness (QED) is 0.748. The third kappa shape index (κ3) is 2.81. The van der Waals surface area contributed by atoms with E-state index in [1.165, 1.54) is 0 Å². The fraction of sp³-hybridized carbons (Fsp3) is 0.435. The third-order valence-electron chi connectivity index (χ3n) is 6.68. The fourth-order valence-corrected chi connectivity index (χ4v) is 5.34. The summed E-state index contributed by atoms with van der Waals surface area (Å²) in [7, 11) is 1.56. The Balaban J connectivity index is 1.48. The minimum absolute atomic E-state index is 0.0890. The Morgan fingerprint density at radius 1 is 1.39 bits per heavy atom. The van der Waals surface area contributed by atoms with Crippen LogP contribution in [0, 0.1) is 12.8 Å². The van der Waals surface area contributed by atoms with Crippen LogP contribution in [0.3, 0.4) is 0 Å². The van der Waals surface area contributed by atoms with Crippen LogP contribution in [-0.2, 0) is 21.7 Å². The molecule has 1 spiro atoms. The molecular weight excluding hydrogens is 396 g/mol. The summed E-state index contributed by atoms with van der Waals surface area (Å²) in [4.78, 5) is 43.2. The molecule has 8 nitrogen and oxygen atoms in total. The predicted octanol–water partition coefficient (Wildman–Crippen LogP) is 2.96. The molecule has 2 N–H and O–H groups in total. The van der Waals surface area contributed by atoms with Gasteiger partial charge >= 0.3 is 0 Å². The van der Waals surface area contributed by atoms with Crippen molar-refractivity contribution in [2.75, 3.05) is 19.0 Å². The lowest BCUT2D eigenvalue weighted by molar-refractivity contribution is -0.116. The number of aryl methyl sites for hydroxylation is 1. The van der Waals surface area contributed by atoms with Gasteiger partial charge in [0.1, 0.15) is 12.4 Å². The molecule has 0 aromatic carbocycles. The van der Waals surface area contributed by atoms with Gasteiger partial charge in [0, 0.05) is 49.7 Å². The molecular formula is C23H26N4O4. The summed E-state index contributed by atoms with van der Waals surface area (Å²) < 4.78 is 6.95. The first-order valence-corrected chi connectivity index (χ1v) is 10.7. The van der Waals surface area contributed by atoms with Crippen molar-refractivity contribution in [2.45, 2.75) is 45.3 Å². The van der Waals surface area contributed by atoms with E-state index in [0.29, 0.717) is 36.0 Å². The van der Waals surface area contributed by atoms with Crippen LogP contribution in [0.5, 0.6) is 0 Å². The Morgan fingerprint density at radius 3 is 2.94 bits per heavy atom. The van der Waals surface area contributed by atoms with Gasteiger partial charge in [-0.2, -0.15) is 0 Å². The van der Waals surface area contributed by atoms with Gasteiger partial charge < -0.3 is 24.5 Å². The molecule has 2 atom stereocenters. The summed E-state index contributed by atoms with van der Waals surface area (Å²) in [5.41, 5.74) is 4.32. The monoisotopic (exact) mass is 422 g/mol. The molecule has 1 saturated carbocycles. The first kappa shape index (κ1) is 19.8. The van der Waals surface area contributed by atoms with E-state index in [9.17, 15) is 14.4 Å². The molecule has 31 heavy (non-hydrogen) atoms. The smallest absolute Gasteiger partial charge is 0.274 e. The molecule has 5 rings (SSSR count). The maximum Gasteiger partial charge on any atom is 0.274 e. The van der Waals surface area contributed by atoms with E-state index in [2.05, 4.69) is 10.3 Å². The molecule has 2 aromatic heterocycles. The lowest BCUT2D eigenvalue weighted by Gasteiger charge is -2.28. The maximum atomic E-state index is 13.6. The highest BCUT2D eigenvalue weighted by atomic mass is 16.5. The molecule has 3 aliphatic rings. The number of nitrogens with zero attached hydrogens (tertiary/aromatic N) is 2. The van der Waals surface area contributed by atoms with Crippen molar-refractivity contribution in [3.05, 3.63) is 52.7 Å². The van der Waals surface area contributed by atoms with Crippen LogP contribution in [0.1, 0.15) is 58.3 Å². The topological polar surface area (TPSA) is 96.4 Å². The lowest BCUT2D eigenvalue weighted by Crippen LogP contribution is -2.34. The van der Waals surface area contributed by atoms with Crippen molar-refractivity contribution >= 4 is 23.3 Å². The number of nitrogens with one attached hydrogen (secondary N) is 2. The van der Waals surface area contributed by atoms with Gasteiger partial charge in [-0.25, -0.2) is 0 Å². The normalized spacial score (nSPS) is 23.2. The van der Waals surface area contributed by atoms with Crippen LogP contribution in [0.25, 0.3) is 0 Å². The number of methoxy groups -OCH3 is 1. The molecule has 1 saturated heterocycles. The van der Waals surface area contributed by atoms with Gasteiger partial charge in [0.2, 0.25) is 11.7 Å². The molecule has 0 radical (unpaired) electrons. The summed E-state index contributed by atoms with van der Waals surface area (Å²) in [5.74, 6) is -0.0451. The third-order valence-corrected chi connectivity index (χ3v) is 6.68. The Morgan fingerprint density at radius 2 is 2.19 bits per heavy atom. The van der Waals surface area contributed by atoms with E-state index in [1.807, 2.05) is 20.0 Å². The number of carbonyl (C=O) groups excluding carboxylic acids is 3. The van der Waals surface area contributed by atoms with Crippen LogP contribution in [0.4, 0.5) is 5.69 Å². The van der Waals surface area contributed by atoms with Gasteiger partial charge in [0.15, 0.2) is 0 Å². The number of anilines is 1. The largest absolute Gasteiger partial charge is 0.364 e. The SMILES string of the molecule is CCCC(=O)Nc1cc(C(=O)N2C[C@H]3C[C@@]34C2=CC(=O)c2[nH]cc(C)c24)n(COC)c1. The summed E-state index contributed by atoms with van der Waals surface area (Å²) in [5, 5.41) is 2.85. The van der Waals surface area contributed by atoms with Crippen LogP contribution >= 0.6 is 0 Å². The molecule has 162 valence electrons. The Kier molecular flexibility index (Phi) is 4.44. The fourth-order valence-electron chi connectivity index (χ4n) is 5.34. The molecule has 1 aliphatic heterocycles. The number of aromatic nitrogens is 2. The molecule has 0 unspecified atom stereocenters. The Bertz CT molecular complexity index is 1140. The van der Waals surface area contributed by atoms with E-state index in [0.717, 1.165) is 29.7 Å². The molecule has 2 amide bonds. The average molecular weight is 422 g/mol. The zero-order chi connectivity index (χ0) is 21.9. The number of ketones is 1. The summed E-state index contributed by atoms with van der Waals surface area (Å²) >= 11 is 0. The molecule has 2 aromatic rings. The van der Waals surface area contributed by atoms with E-state index in [1.54, 1.807) is 34.9 Å². The Hall–Kier alpha value is -3.13. The highest BCUT2D eigenvalue weighted by Gasteiger charge is 2.68. The highest BCUT2D eigenvalue weighted by Crippen LogP contribution is 2.67. The van der Waals surface area contributed by atoms with Crippen LogP contribution in [-0.4, -0.2) is 45.7 Å². The number of allylic oxidation sites excluding steroid dienone is 2. The zero-order valence-electron chi connectivity index (χ0n) is 17.9. The summed E-state index contributed by atoms with van der Waals surface area (Å²) in [6.45, 7) is 4.72. The van der Waals surface area contributed by atoms with Crippen molar-refractivity contribution in [3.8, 4) is 0 Å². The van der Waals surface area contributed by atoms with Gasteiger partial charge in [-0.15, -0.1) is 0 Å². The van der Waals surface area contributed by atoms with E-state index in [-0.39, 0.29) is 29.7 Å². The first-order chi connectivity index (χ1) is 14.9. The average Bonchev–Trinajstić information content (AvgIpc) is 3.01. The molecule has 0 bridgehead atoms. The number of carbonyl (C=O) groups is 3. The van der Waals surface area contributed by atoms with E-state index in [4.69, 9.17) is 4.74 Å². The first-order valence-electron chi connectivity index (χ1n) is 10.7. The summed E-state index contributed by atoms with van der Waals surface area (Å²) in [6.07, 6.45) is 7.34. The number of fused-ring (bicyclic) bond motifs is 1. The van der Waals surface area contributed by atoms with Crippen molar-refractivity contribution in [2.24, 2.45) is 5.92 Å². The van der Waals surface area contributed by atoms with Crippen LogP contribution in [0.2, 0.25) is 0 Å². The minimum Gasteiger partial charge on any atom is -0.364 e. The highest BCUT2D eigenvalue weighted by molar-refractivity contribution is 6.09. The number of aromatic amines is 1. The lowest BCUT2D eigenvalue weighted by atomic mass is 9.83. The number of likely N-dealkylation sites (tertiary alicyclic amines) is 1.